The number of sulfonamides is 1. The molecule has 0 saturated carbocycles. The third-order valence-electron chi connectivity index (χ3n) is 3.28. The van der Waals surface area contributed by atoms with Gasteiger partial charge in [0.2, 0.25) is 10.0 Å². The minimum atomic E-state index is -3.79. The number of hydrogen-bond donors (Lipinski definition) is 2. The molecule has 8 heteroatoms. The van der Waals surface area contributed by atoms with Gasteiger partial charge in [0, 0.05) is 17.2 Å². The molecule has 112 valence electrons. The number of aliphatic hydroxyl groups excluding tert-OH is 1. The van der Waals surface area contributed by atoms with E-state index in [1.165, 1.54) is 12.1 Å². The van der Waals surface area contributed by atoms with Gasteiger partial charge in [0.1, 0.15) is 4.90 Å². The maximum absolute atomic E-state index is 12.4. The van der Waals surface area contributed by atoms with Crippen LogP contribution in [-0.2, 0) is 21.4 Å². The highest BCUT2D eigenvalue weighted by molar-refractivity contribution is 7.89. The van der Waals surface area contributed by atoms with Gasteiger partial charge in [0.05, 0.1) is 23.8 Å². The molecular formula is C12H15Cl2NO4S. The number of nitrogens with one attached hydrogen (secondary N) is 1. The summed E-state index contributed by atoms with van der Waals surface area (Å²) in [5.41, 5.74) is 0.201. The number of halogens is 2. The molecule has 0 spiro atoms. The van der Waals surface area contributed by atoms with Crippen LogP contribution in [0.3, 0.4) is 0 Å². The molecule has 1 fully saturated rings. The van der Waals surface area contributed by atoms with Gasteiger partial charge >= 0.3 is 0 Å². The Bertz CT molecular complexity index is 606. The molecule has 2 rings (SSSR count). The normalized spacial score (nSPS) is 23.2. The Morgan fingerprint density at radius 1 is 1.45 bits per heavy atom. The maximum atomic E-state index is 12.4. The third kappa shape index (κ3) is 3.10. The second-order valence-electron chi connectivity index (χ2n) is 4.59. The molecule has 1 heterocycles. The molecule has 1 aliphatic heterocycles. The third-order valence-corrected chi connectivity index (χ3v) is 5.71. The van der Waals surface area contributed by atoms with Crippen LogP contribution in [0.1, 0.15) is 18.9 Å². The van der Waals surface area contributed by atoms with E-state index < -0.39 is 16.6 Å². The van der Waals surface area contributed by atoms with E-state index in [0.717, 1.165) is 0 Å². The van der Waals surface area contributed by atoms with Crippen LogP contribution in [0.25, 0.3) is 0 Å². The van der Waals surface area contributed by atoms with E-state index >= 15 is 0 Å². The molecule has 0 radical (unpaired) electrons. The zero-order valence-electron chi connectivity index (χ0n) is 10.8. The minimum absolute atomic E-state index is 0.0564. The predicted octanol–water partition coefficient (Wildman–Crippen LogP) is 1.94. The van der Waals surface area contributed by atoms with Crippen molar-refractivity contribution in [3.63, 3.8) is 0 Å². The molecule has 2 atom stereocenters. The second-order valence-corrected chi connectivity index (χ2v) is 7.06. The second kappa shape index (κ2) is 6.17. The highest BCUT2D eigenvalue weighted by Gasteiger charge is 2.30. The number of rotatable bonds is 4. The van der Waals surface area contributed by atoms with Crippen molar-refractivity contribution in [2.75, 3.05) is 6.61 Å². The summed E-state index contributed by atoms with van der Waals surface area (Å²) in [4.78, 5) is -0.0910. The van der Waals surface area contributed by atoms with Gasteiger partial charge in [0.15, 0.2) is 0 Å². The van der Waals surface area contributed by atoms with E-state index in [0.29, 0.717) is 13.0 Å². The fourth-order valence-corrected chi connectivity index (χ4v) is 4.31. The van der Waals surface area contributed by atoms with Crippen LogP contribution in [0.5, 0.6) is 0 Å². The van der Waals surface area contributed by atoms with Crippen LogP contribution in [0.4, 0.5) is 0 Å². The van der Waals surface area contributed by atoms with Crippen LogP contribution in [0.2, 0.25) is 10.0 Å². The number of hydrogen-bond acceptors (Lipinski definition) is 4. The van der Waals surface area contributed by atoms with Gasteiger partial charge in [-0.3, -0.25) is 0 Å². The van der Waals surface area contributed by atoms with Crippen molar-refractivity contribution in [3.8, 4) is 0 Å². The number of benzene rings is 1. The molecule has 1 saturated heterocycles. The highest BCUT2D eigenvalue weighted by Crippen LogP contribution is 2.31. The van der Waals surface area contributed by atoms with Gasteiger partial charge in [-0.1, -0.05) is 23.2 Å². The van der Waals surface area contributed by atoms with Crippen molar-refractivity contribution in [1.29, 1.82) is 0 Å². The summed E-state index contributed by atoms with van der Waals surface area (Å²) in [7, 11) is -3.79. The summed E-state index contributed by atoms with van der Waals surface area (Å²) < 4.78 is 32.6. The fraction of sp³-hybridized carbons (Fsp3) is 0.500. The van der Waals surface area contributed by atoms with Gasteiger partial charge < -0.3 is 9.84 Å². The molecule has 1 aromatic rings. The summed E-state index contributed by atoms with van der Waals surface area (Å²) in [6, 6.07) is 2.44. The quantitative estimate of drug-likeness (QED) is 0.878. The lowest BCUT2D eigenvalue weighted by atomic mass is 10.2. The van der Waals surface area contributed by atoms with E-state index in [2.05, 4.69) is 4.72 Å². The lowest BCUT2D eigenvalue weighted by Crippen LogP contribution is -2.39. The van der Waals surface area contributed by atoms with E-state index in [9.17, 15) is 13.5 Å². The highest BCUT2D eigenvalue weighted by atomic mass is 35.5. The summed E-state index contributed by atoms with van der Waals surface area (Å²) >= 11 is 11.9. The molecule has 1 aliphatic rings. The molecule has 0 aromatic heterocycles. The largest absolute Gasteiger partial charge is 0.392 e. The standard InChI is InChI=1S/C12H15Cl2NO4S/c1-7-10(4-5-19-7)15-20(17,18)11-3-2-9(13)8(6-16)12(11)14/h2-3,7,10,15-16H,4-6H2,1H3. The molecule has 2 unspecified atom stereocenters. The Balaban J connectivity index is 2.35. The predicted molar refractivity (Wildman–Crippen MR) is 76.5 cm³/mol. The first-order valence-electron chi connectivity index (χ1n) is 6.08. The van der Waals surface area contributed by atoms with Crippen molar-refractivity contribution in [3.05, 3.63) is 27.7 Å². The van der Waals surface area contributed by atoms with Crippen molar-refractivity contribution < 1.29 is 18.3 Å². The first kappa shape index (κ1) is 16.0. The summed E-state index contributed by atoms with van der Waals surface area (Å²) in [6.07, 6.45) is 0.423. The first-order chi connectivity index (χ1) is 9.36. The average Bonchev–Trinajstić information content (AvgIpc) is 2.74. The Hall–Kier alpha value is -0.370. The smallest absolute Gasteiger partial charge is 0.242 e. The monoisotopic (exact) mass is 339 g/mol. The molecule has 0 amide bonds. The molecule has 0 aliphatic carbocycles. The van der Waals surface area contributed by atoms with Crippen molar-refractivity contribution >= 4 is 33.2 Å². The number of ether oxygens (including phenoxy) is 1. The SMILES string of the molecule is CC1OCCC1NS(=O)(=O)c1ccc(Cl)c(CO)c1Cl. The molecule has 2 N–H and O–H groups in total. The Morgan fingerprint density at radius 2 is 2.15 bits per heavy atom. The van der Waals surface area contributed by atoms with Crippen LogP contribution in [0, 0.1) is 0 Å². The van der Waals surface area contributed by atoms with Crippen molar-refractivity contribution in [2.45, 2.75) is 37.0 Å². The van der Waals surface area contributed by atoms with Gasteiger partial charge in [-0.2, -0.15) is 0 Å². The molecule has 1 aromatic carbocycles. The summed E-state index contributed by atoms with van der Waals surface area (Å²) in [5, 5.41) is 9.39. The maximum Gasteiger partial charge on any atom is 0.242 e. The minimum Gasteiger partial charge on any atom is -0.392 e. The van der Waals surface area contributed by atoms with E-state index in [4.69, 9.17) is 27.9 Å². The summed E-state index contributed by atoms with van der Waals surface area (Å²) in [6.45, 7) is 1.90. The zero-order chi connectivity index (χ0) is 14.9. The Morgan fingerprint density at radius 3 is 2.70 bits per heavy atom. The van der Waals surface area contributed by atoms with Gasteiger partial charge in [-0.25, -0.2) is 13.1 Å². The number of aliphatic hydroxyl groups is 1. The van der Waals surface area contributed by atoms with Gasteiger partial charge in [-0.15, -0.1) is 0 Å². The van der Waals surface area contributed by atoms with Crippen LogP contribution >= 0.6 is 23.2 Å². The summed E-state index contributed by atoms with van der Waals surface area (Å²) in [5.74, 6) is 0. The zero-order valence-corrected chi connectivity index (χ0v) is 13.1. The molecule has 20 heavy (non-hydrogen) atoms. The lowest BCUT2D eigenvalue weighted by molar-refractivity contribution is 0.117. The topological polar surface area (TPSA) is 75.6 Å². The average molecular weight is 340 g/mol. The van der Waals surface area contributed by atoms with Crippen LogP contribution < -0.4 is 4.72 Å². The van der Waals surface area contributed by atoms with E-state index in [-0.39, 0.29) is 32.7 Å². The van der Waals surface area contributed by atoms with Crippen LogP contribution in [0.15, 0.2) is 17.0 Å². The van der Waals surface area contributed by atoms with Crippen molar-refractivity contribution in [1.82, 2.24) is 4.72 Å². The van der Waals surface area contributed by atoms with Crippen molar-refractivity contribution in [2.24, 2.45) is 0 Å². The molecule has 5 nitrogen and oxygen atoms in total. The van der Waals surface area contributed by atoms with Gasteiger partial charge in [-0.05, 0) is 25.5 Å². The Labute approximate surface area is 127 Å². The van der Waals surface area contributed by atoms with E-state index in [1.54, 1.807) is 0 Å². The van der Waals surface area contributed by atoms with Crippen LogP contribution in [-0.4, -0.2) is 32.3 Å². The lowest BCUT2D eigenvalue weighted by Gasteiger charge is -2.17. The van der Waals surface area contributed by atoms with E-state index in [1.807, 2.05) is 6.92 Å². The fourth-order valence-electron chi connectivity index (χ4n) is 2.08. The Kier molecular flexibility index (Phi) is 4.94. The first-order valence-corrected chi connectivity index (χ1v) is 8.32. The van der Waals surface area contributed by atoms with Gasteiger partial charge in [0.25, 0.3) is 0 Å². The molecular weight excluding hydrogens is 325 g/mol. The molecule has 0 bridgehead atoms.